The lowest BCUT2D eigenvalue weighted by molar-refractivity contribution is -0.132. The van der Waals surface area contributed by atoms with Crippen molar-refractivity contribution in [2.75, 3.05) is 0 Å². The first kappa shape index (κ1) is 10.9. The number of aliphatic carboxylic acids is 1. The summed E-state index contributed by atoms with van der Waals surface area (Å²) in [4.78, 5) is 10.7. The van der Waals surface area contributed by atoms with Crippen LogP contribution in [0.25, 0.3) is 0 Å². The van der Waals surface area contributed by atoms with E-state index in [9.17, 15) is 4.79 Å². The predicted molar refractivity (Wildman–Crippen MR) is 63.6 cm³/mol. The molecule has 0 amide bonds. The molecule has 0 aromatic heterocycles. The summed E-state index contributed by atoms with van der Waals surface area (Å²) in [6.07, 6.45) is 5.26. The van der Waals surface area contributed by atoms with E-state index in [0.717, 1.165) is 18.4 Å². The molecule has 16 heavy (non-hydrogen) atoms. The number of aryl methyl sites for hydroxylation is 2. The number of carboxylic acids is 1. The Kier molecular flexibility index (Phi) is 3.09. The zero-order chi connectivity index (χ0) is 11.5. The van der Waals surface area contributed by atoms with Crippen molar-refractivity contribution in [1.29, 1.82) is 0 Å². The maximum atomic E-state index is 10.7. The summed E-state index contributed by atoms with van der Waals surface area (Å²) >= 11 is 0. The summed E-state index contributed by atoms with van der Waals surface area (Å²) in [5, 5.41) is 8.78. The Morgan fingerprint density at radius 1 is 1.25 bits per heavy atom. The highest BCUT2D eigenvalue weighted by Crippen LogP contribution is 2.23. The lowest BCUT2D eigenvalue weighted by Gasteiger charge is -2.16. The number of fused-ring (bicyclic) bond motifs is 1. The monoisotopic (exact) mass is 216 g/mol. The molecular weight excluding hydrogens is 200 g/mol. The van der Waals surface area contributed by atoms with Gasteiger partial charge < -0.3 is 5.11 Å². The van der Waals surface area contributed by atoms with Crippen LogP contribution in [0.2, 0.25) is 0 Å². The zero-order valence-electron chi connectivity index (χ0n) is 9.33. The Hall–Kier alpha value is -1.57. The third kappa shape index (κ3) is 2.32. The van der Waals surface area contributed by atoms with Gasteiger partial charge in [-0.3, -0.25) is 0 Å². The molecule has 1 aromatic rings. The molecular formula is C14H16O2. The molecule has 0 saturated heterocycles. The van der Waals surface area contributed by atoms with E-state index < -0.39 is 5.97 Å². The molecule has 0 aliphatic heterocycles. The van der Waals surface area contributed by atoms with Crippen LogP contribution in [0, 0.1) is 0 Å². The molecule has 0 unspecified atom stereocenters. The Morgan fingerprint density at radius 3 is 2.62 bits per heavy atom. The van der Waals surface area contributed by atoms with E-state index in [4.69, 9.17) is 5.11 Å². The fourth-order valence-corrected chi connectivity index (χ4v) is 2.22. The standard InChI is InChI=1S/C14H16O2/c1-10(14(15)16)8-11-6-7-12-4-2-3-5-13(12)9-11/h6-7,9H,1-5,8H2,(H,15,16). The van der Waals surface area contributed by atoms with Gasteiger partial charge in [0.2, 0.25) is 0 Å². The first-order valence-corrected chi connectivity index (χ1v) is 5.68. The summed E-state index contributed by atoms with van der Waals surface area (Å²) in [6.45, 7) is 3.56. The van der Waals surface area contributed by atoms with Crippen molar-refractivity contribution in [3.63, 3.8) is 0 Å². The van der Waals surface area contributed by atoms with Gasteiger partial charge in [-0.25, -0.2) is 4.79 Å². The molecule has 2 rings (SSSR count). The summed E-state index contributed by atoms with van der Waals surface area (Å²) in [5.74, 6) is -0.905. The molecule has 0 fully saturated rings. The molecule has 0 spiro atoms. The van der Waals surface area contributed by atoms with Gasteiger partial charge in [-0.15, -0.1) is 0 Å². The Bertz CT molecular complexity index is 432. The average Bonchev–Trinajstić information content (AvgIpc) is 2.28. The van der Waals surface area contributed by atoms with Gasteiger partial charge in [0, 0.05) is 12.0 Å². The number of benzene rings is 1. The lowest BCUT2D eigenvalue weighted by Crippen LogP contribution is -2.06. The Morgan fingerprint density at radius 2 is 1.94 bits per heavy atom. The van der Waals surface area contributed by atoms with Crippen LogP contribution in [0.4, 0.5) is 0 Å². The molecule has 0 radical (unpaired) electrons. The van der Waals surface area contributed by atoms with Crippen molar-refractivity contribution in [3.8, 4) is 0 Å². The second-order valence-corrected chi connectivity index (χ2v) is 4.40. The number of hydrogen-bond acceptors (Lipinski definition) is 1. The molecule has 2 heteroatoms. The van der Waals surface area contributed by atoms with Crippen LogP contribution in [-0.4, -0.2) is 11.1 Å². The van der Waals surface area contributed by atoms with Gasteiger partial charge in [-0.1, -0.05) is 24.8 Å². The highest BCUT2D eigenvalue weighted by molar-refractivity contribution is 5.86. The first-order chi connectivity index (χ1) is 7.66. The molecule has 1 N–H and O–H groups in total. The molecule has 0 bridgehead atoms. The molecule has 1 aliphatic carbocycles. The minimum absolute atomic E-state index is 0.260. The van der Waals surface area contributed by atoms with Crippen LogP contribution < -0.4 is 0 Å². The molecule has 1 aromatic carbocycles. The predicted octanol–water partition coefficient (Wildman–Crippen LogP) is 2.75. The third-order valence-electron chi connectivity index (χ3n) is 3.13. The summed E-state index contributed by atoms with van der Waals surface area (Å²) < 4.78 is 0. The summed E-state index contributed by atoms with van der Waals surface area (Å²) in [6, 6.07) is 6.31. The topological polar surface area (TPSA) is 37.3 Å². The van der Waals surface area contributed by atoms with E-state index in [1.807, 2.05) is 6.07 Å². The van der Waals surface area contributed by atoms with Crippen molar-refractivity contribution in [2.45, 2.75) is 32.1 Å². The molecule has 0 saturated carbocycles. The smallest absolute Gasteiger partial charge is 0.331 e. The van der Waals surface area contributed by atoms with Gasteiger partial charge in [0.05, 0.1) is 0 Å². The highest BCUT2D eigenvalue weighted by atomic mass is 16.4. The Balaban J connectivity index is 2.17. The van der Waals surface area contributed by atoms with Crippen molar-refractivity contribution < 1.29 is 9.90 Å². The van der Waals surface area contributed by atoms with Crippen LogP contribution in [0.5, 0.6) is 0 Å². The number of rotatable bonds is 3. The normalized spacial score (nSPS) is 14.2. The van der Waals surface area contributed by atoms with Crippen molar-refractivity contribution >= 4 is 5.97 Å². The average molecular weight is 216 g/mol. The second kappa shape index (κ2) is 4.52. The molecule has 1 aliphatic rings. The highest BCUT2D eigenvalue weighted by Gasteiger charge is 2.11. The Labute approximate surface area is 95.6 Å². The lowest BCUT2D eigenvalue weighted by atomic mass is 9.89. The van der Waals surface area contributed by atoms with Crippen molar-refractivity contribution in [3.05, 3.63) is 47.0 Å². The third-order valence-corrected chi connectivity index (χ3v) is 3.13. The van der Waals surface area contributed by atoms with Gasteiger partial charge in [0.25, 0.3) is 0 Å². The minimum Gasteiger partial charge on any atom is -0.478 e. The van der Waals surface area contributed by atoms with Gasteiger partial charge in [-0.05, 0) is 42.4 Å². The van der Waals surface area contributed by atoms with E-state index in [1.165, 1.54) is 24.0 Å². The number of hydrogen-bond donors (Lipinski definition) is 1. The number of carboxylic acid groups (broad SMARTS) is 1. The zero-order valence-corrected chi connectivity index (χ0v) is 9.33. The van der Waals surface area contributed by atoms with E-state index in [2.05, 4.69) is 18.7 Å². The molecule has 84 valence electrons. The minimum atomic E-state index is -0.905. The first-order valence-electron chi connectivity index (χ1n) is 5.68. The molecule has 0 heterocycles. The van der Waals surface area contributed by atoms with E-state index in [-0.39, 0.29) is 5.57 Å². The molecule has 0 atom stereocenters. The van der Waals surface area contributed by atoms with Crippen LogP contribution >= 0.6 is 0 Å². The number of carbonyl (C=O) groups is 1. The maximum absolute atomic E-state index is 10.7. The fourth-order valence-electron chi connectivity index (χ4n) is 2.22. The van der Waals surface area contributed by atoms with Gasteiger partial charge in [0.15, 0.2) is 0 Å². The summed E-state index contributed by atoms with van der Waals surface area (Å²) in [7, 11) is 0. The van der Waals surface area contributed by atoms with Crippen LogP contribution in [0.1, 0.15) is 29.5 Å². The van der Waals surface area contributed by atoms with Crippen molar-refractivity contribution in [2.24, 2.45) is 0 Å². The van der Waals surface area contributed by atoms with Crippen LogP contribution in [0.15, 0.2) is 30.4 Å². The largest absolute Gasteiger partial charge is 0.478 e. The second-order valence-electron chi connectivity index (χ2n) is 4.40. The van der Waals surface area contributed by atoms with E-state index in [0.29, 0.717) is 6.42 Å². The maximum Gasteiger partial charge on any atom is 0.331 e. The van der Waals surface area contributed by atoms with Crippen LogP contribution in [-0.2, 0) is 24.1 Å². The van der Waals surface area contributed by atoms with E-state index in [1.54, 1.807) is 0 Å². The van der Waals surface area contributed by atoms with Gasteiger partial charge in [0.1, 0.15) is 0 Å². The van der Waals surface area contributed by atoms with Gasteiger partial charge in [-0.2, -0.15) is 0 Å². The fraction of sp³-hybridized carbons (Fsp3) is 0.357. The van der Waals surface area contributed by atoms with Crippen LogP contribution in [0.3, 0.4) is 0 Å². The quantitative estimate of drug-likeness (QED) is 0.789. The van der Waals surface area contributed by atoms with E-state index >= 15 is 0 Å². The summed E-state index contributed by atoms with van der Waals surface area (Å²) in [5.41, 5.74) is 4.14. The van der Waals surface area contributed by atoms with Gasteiger partial charge >= 0.3 is 5.97 Å². The molecule has 2 nitrogen and oxygen atoms in total. The SMILES string of the molecule is C=C(Cc1ccc2c(c1)CCCC2)C(=O)O. The van der Waals surface area contributed by atoms with Crippen molar-refractivity contribution in [1.82, 2.24) is 0 Å².